The van der Waals surface area contributed by atoms with Gasteiger partial charge in [-0.15, -0.1) is 0 Å². The zero-order valence-corrected chi connectivity index (χ0v) is 16.9. The number of rotatable bonds is 15. The van der Waals surface area contributed by atoms with Gasteiger partial charge in [0.25, 0.3) is 5.97 Å². The Morgan fingerprint density at radius 2 is 1.32 bits per heavy atom. The number of unbranched alkanes of at least 4 members (excludes halogenated alkanes) is 6. The summed E-state index contributed by atoms with van der Waals surface area (Å²) in [5.74, 6) is -0.833. The van der Waals surface area contributed by atoms with Gasteiger partial charge in [-0.05, 0) is 19.3 Å². The zero-order valence-electron chi connectivity index (χ0n) is 16.9. The lowest BCUT2D eigenvalue weighted by Crippen LogP contribution is -2.47. The monoisotopic (exact) mass is 362 g/mol. The SMILES string of the molecule is CC(=O)O.CCCCCOC(CCCCC)(CCCCC)C(O)CO. The molecule has 3 N–H and O–H groups in total. The molecule has 0 fully saturated rings. The standard InChI is InChI=1S/C18H38O3.C2H4O2/c1-4-7-10-13-18(17(20)16-19,14-11-8-5-2)21-15-12-9-6-3;1-2(3)4/h17,19-20H,4-16H2,1-3H3;1H3,(H,3,4). The highest BCUT2D eigenvalue weighted by atomic mass is 16.5. The van der Waals surface area contributed by atoms with Gasteiger partial charge in [0.15, 0.2) is 0 Å². The number of hydrogen-bond acceptors (Lipinski definition) is 4. The number of aliphatic hydroxyl groups excluding tert-OH is 2. The van der Waals surface area contributed by atoms with Gasteiger partial charge in [-0.1, -0.05) is 72.1 Å². The quantitative estimate of drug-likeness (QED) is 0.372. The molecule has 5 nitrogen and oxygen atoms in total. The Morgan fingerprint density at radius 3 is 1.68 bits per heavy atom. The van der Waals surface area contributed by atoms with Crippen molar-refractivity contribution in [2.75, 3.05) is 13.2 Å². The van der Waals surface area contributed by atoms with Gasteiger partial charge in [-0.2, -0.15) is 0 Å². The second kappa shape index (κ2) is 18.2. The van der Waals surface area contributed by atoms with Crippen LogP contribution in [-0.2, 0) is 9.53 Å². The van der Waals surface area contributed by atoms with E-state index in [1.165, 1.54) is 6.42 Å². The van der Waals surface area contributed by atoms with E-state index in [1.54, 1.807) is 0 Å². The first-order valence-corrected chi connectivity index (χ1v) is 10.0. The van der Waals surface area contributed by atoms with Crippen LogP contribution >= 0.6 is 0 Å². The van der Waals surface area contributed by atoms with Gasteiger partial charge in [0, 0.05) is 13.5 Å². The largest absolute Gasteiger partial charge is 0.481 e. The molecule has 0 aliphatic heterocycles. The number of carboxylic acid groups (broad SMARTS) is 1. The Hall–Kier alpha value is -0.650. The van der Waals surface area contributed by atoms with Crippen molar-refractivity contribution in [3.05, 3.63) is 0 Å². The molecule has 0 saturated heterocycles. The maximum Gasteiger partial charge on any atom is 0.300 e. The van der Waals surface area contributed by atoms with E-state index in [0.717, 1.165) is 71.1 Å². The second-order valence-corrected chi connectivity index (χ2v) is 6.75. The van der Waals surface area contributed by atoms with E-state index in [9.17, 15) is 10.2 Å². The molecule has 5 heteroatoms. The van der Waals surface area contributed by atoms with Crippen LogP contribution in [0.3, 0.4) is 0 Å². The van der Waals surface area contributed by atoms with Crippen LogP contribution in [0.25, 0.3) is 0 Å². The van der Waals surface area contributed by atoms with Gasteiger partial charge >= 0.3 is 0 Å². The van der Waals surface area contributed by atoms with Crippen molar-refractivity contribution >= 4 is 5.97 Å². The highest BCUT2D eigenvalue weighted by Crippen LogP contribution is 2.31. The summed E-state index contributed by atoms with van der Waals surface area (Å²) in [7, 11) is 0. The van der Waals surface area contributed by atoms with Crippen LogP contribution in [0.5, 0.6) is 0 Å². The van der Waals surface area contributed by atoms with E-state index in [0.29, 0.717) is 6.61 Å². The smallest absolute Gasteiger partial charge is 0.300 e. The summed E-state index contributed by atoms with van der Waals surface area (Å²) in [6, 6.07) is 0. The van der Waals surface area contributed by atoms with Crippen LogP contribution in [0.4, 0.5) is 0 Å². The molecule has 0 aliphatic rings. The first kappa shape index (κ1) is 26.6. The maximum atomic E-state index is 10.3. The van der Waals surface area contributed by atoms with Crippen molar-refractivity contribution in [1.82, 2.24) is 0 Å². The van der Waals surface area contributed by atoms with Crippen molar-refractivity contribution in [2.24, 2.45) is 0 Å². The van der Waals surface area contributed by atoms with Crippen LogP contribution in [0.15, 0.2) is 0 Å². The lowest BCUT2D eigenvalue weighted by Gasteiger charge is -2.38. The molecule has 0 saturated carbocycles. The molecule has 0 aromatic heterocycles. The molecule has 1 unspecified atom stereocenters. The van der Waals surface area contributed by atoms with Gasteiger partial charge in [0.1, 0.15) is 6.10 Å². The van der Waals surface area contributed by atoms with Crippen molar-refractivity contribution in [1.29, 1.82) is 0 Å². The first-order valence-electron chi connectivity index (χ1n) is 10.0. The van der Waals surface area contributed by atoms with Gasteiger partial charge in [0.05, 0.1) is 12.2 Å². The summed E-state index contributed by atoms with van der Waals surface area (Å²) in [6.07, 6.45) is 11.1. The topological polar surface area (TPSA) is 87.0 Å². The summed E-state index contributed by atoms with van der Waals surface area (Å²) >= 11 is 0. The Labute approximate surface area is 154 Å². The van der Waals surface area contributed by atoms with Crippen molar-refractivity contribution in [3.63, 3.8) is 0 Å². The Bertz CT molecular complexity index is 280. The summed E-state index contributed by atoms with van der Waals surface area (Å²) in [5, 5.41) is 27.2. The minimum absolute atomic E-state index is 0.202. The van der Waals surface area contributed by atoms with Crippen LogP contribution in [0.2, 0.25) is 0 Å². The van der Waals surface area contributed by atoms with Crippen LogP contribution in [0, 0.1) is 0 Å². The predicted molar refractivity (Wildman–Crippen MR) is 103 cm³/mol. The molecule has 0 heterocycles. The lowest BCUT2D eigenvalue weighted by atomic mass is 9.85. The van der Waals surface area contributed by atoms with E-state index in [4.69, 9.17) is 14.6 Å². The van der Waals surface area contributed by atoms with Crippen molar-refractivity contribution < 1.29 is 24.9 Å². The summed E-state index contributed by atoms with van der Waals surface area (Å²) < 4.78 is 6.17. The molecule has 0 aromatic carbocycles. The first-order chi connectivity index (χ1) is 11.9. The molecule has 0 bridgehead atoms. The van der Waals surface area contributed by atoms with E-state index in [-0.39, 0.29) is 6.61 Å². The molecule has 0 aliphatic carbocycles. The molecule has 0 aromatic rings. The number of ether oxygens (including phenoxy) is 1. The average molecular weight is 363 g/mol. The van der Waals surface area contributed by atoms with Crippen LogP contribution in [-0.4, -0.2) is 46.2 Å². The Morgan fingerprint density at radius 1 is 0.920 bits per heavy atom. The predicted octanol–water partition coefficient (Wildman–Crippen LogP) is 4.54. The number of hydrogen-bond donors (Lipinski definition) is 3. The fraction of sp³-hybridized carbons (Fsp3) is 0.950. The maximum absolute atomic E-state index is 10.3. The molecule has 0 radical (unpaired) electrons. The third kappa shape index (κ3) is 15.3. The molecule has 1 atom stereocenters. The number of carbonyl (C=O) groups is 1. The van der Waals surface area contributed by atoms with Gasteiger partial charge in [0.2, 0.25) is 0 Å². The minimum atomic E-state index is -0.833. The molecule has 0 amide bonds. The minimum Gasteiger partial charge on any atom is -0.481 e. The second-order valence-electron chi connectivity index (χ2n) is 6.75. The van der Waals surface area contributed by atoms with Crippen molar-refractivity contribution in [3.8, 4) is 0 Å². The Kier molecular flexibility index (Phi) is 19.3. The highest BCUT2D eigenvalue weighted by molar-refractivity contribution is 5.62. The lowest BCUT2D eigenvalue weighted by molar-refractivity contribution is -0.148. The highest BCUT2D eigenvalue weighted by Gasteiger charge is 2.37. The molecule has 0 spiro atoms. The molecule has 152 valence electrons. The fourth-order valence-electron chi connectivity index (χ4n) is 2.84. The number of carboxylic acids is 1. The van der Waals surface area contributed by atoms with E-state index in [1.807, 2.05) is 0 Å². The van der Waals surface area contributed by atoms with E-state index >= 15 is 0 Å². The molecule has 25 heavy (non-hydrogen) atoms. The number of aliphatic carboxylic acids is 1. The van der Waals surface area contributed by atoms with Crippen LogP contribution in [0.1, 0.15) is 98.3 Å². The summed E-state index contributed by atoms with van der Waals surface area (Å²) in [5.41, 5.74) is -0.535. The molecular weight excluding hydrogens is 320 g/mol. The van der Waals surface area contributed by atoms with Crippen LogP contribution < -0.4 is 0 Å². The van der Waals surface area contributed by atoms with E-state index in [2.05, 4.69) is 20.8 Å². The van der Waals surface area contributed by atoms with Gasteiger partial charge < -0.3 is 20.1 Å². The Balaban J connectivity index is 0. The summed E-state index contributed by atoms with van der Waals surface area (Å²) in [6.45, 7) is 8.13. The van der Waals surface area contributed by atoms with E-state index < -0.39 is 17.7 Å². The third-order valence-corrected chi connectivity index (χ3v) is 4.32. The summed E-state index contributed by atoms with van der Waals surface area (Å²) in [4.78, 5) is 9.00. The third-order valence-electron chi connectivity index (χ3n) is 4.32. The average Bonchev–Trinajstić information content (AvgIpc) is 2.57. The normalized spacial score (nSPS) is 12.4. The molecular formula is C20H42O5. The van der Waals surface area contributed by atoms with Gasteiger partial charge in [-0.3, -0.25) is 4.79 Å². The zero-order chi connectivity index (χ0) is 19.6. The number of aliphatic hydroxyl groups is 2. The fourth-order valence-corrected chi connectivity index (χ4v) is 2.84. The van der Waals surface area contributed by atoms with Crippen molar-refractivity contribution in [2.45, 2.75) is 110 Å². The molecule has 0 rings (SSSR count). The van der Waals surface area contributed by atoms with Gasteiger partial charge in [-0.25, -0.2) is 0 Å².